The summed E-state index contributed by atoms with van der Waals surface area (Å²) < 4.78 is 5.54. The van der Waals surface area contributed by atoms with Gasteiger partial charge in [-0.05, 0) is 25.2 Å². The zero-order valence-electron chi connectivity index (χ0n) is 12.7. The van der Waals surface area contributed by atoms with E-state index in [-0.39, 0.29) is 24.0 Å². The molecule has 1 aliphatic heterocycles. The molecular weight excluding hydrogens is 353 g/mol. The number of nitrogens with zero attached hydrogens (tertiary/aromatic N) is 2. The van der Waals surface area contributed by atoms with E-state index in [2.05, 4.69) is 29.1 Å². The van der Waals surface area contributed by atoms with Gasteiger partial charge in [0.1, 0.15) is 0 Å². The first-order valence-corrected chi connectivity index (χ1v) is 7.31. The Labute approximate surface area is 135 Å². The number of nitrogens with one attached hydrogen (secondary N) is 1. The fourth-order valence-corrected chi connectivity index (χ4v) is 2.30. The summed E-state index contributed by atoms with van der Waals surface area (Å²) in [5.41, 5.74) is 0. The van der Waals surface area contributed by atoms with Crippen LogP contribution in [0.3, 0.4) is 0 Å². The number of unbranched alkanes of at least 4 members (excludes halogenated alkanes) is 1. The summed E-state index contributed by atoms with van der Waals surface area (Å²) in [5, 5.41) is 3.39. The number of halogens is 1. The summed E-state index contributed by atoms with van der Waals surface area (Å²) in [5.74, 6) is 1.80. The molecule has 5 heteroatoms. The average molecular weight is 383 g/mol. The number of aliphatic imine (C=N–C) groups is 1. The topological polar surface area (TPSA) is 36.9 Å². The predicted molar refractivity (Wildman–Crippen MR) is 92.5 cm³/mol. The van der Waals surface area contributed by atoms with Gasteiger partial charge in [0.05, 0.1) is 6.61 Å². The molecule has 1 fully saturated rings. The normalized spacial score (nSPS) is 20.1. The third kappa shape index (κ3) is 7.97. The molecule has 0 aliphatic carbocycles. The van der Waals surface area contributed by atoms with E-state index in [9.17, 15) is 0 Å². The summed E-state index contributed by atoms with van der Waals surface area (Å²) in [6, 6.07) is 0. The van der Waals surface area contributed by atoms with E-state index in [0.717, 1.165) is 51.1 Å². The van der Waals surface area contributed by atoms with Crippen molar-refractivity contribution in [2.45, 2.75) is 39.5 Å². The van der Waals surface area contributed by atoms with Gasteiger partial charge >= 0.3 is 0 Å². The molecule has 19 heavy (non-hydrogen) atoms. The molecule has 0 aromatic rings. The first kappa shape index (κ1) is 19.0. The van der Waals surface area contributed by atoms with Gasteiger partial charge in [-0.1, -0.05) is 20.3 Å². The van der Waals surface area contributed by atoms with E-state index in [1.54, 1.807) is 0 Å². The zero-order chi connectivity index (χ0) is 13.2. The molecule has 1 saturated heterocycles. The largest absolute Gasteiger partial charge is 0.380 e. The lowest BCUT2D eigenvalue weighted by Gasteiger charge is -2.33. The van der Waals surface area contributed by atoms with Gasteiger partial charge in [0.15, 0.2) is 5.96 Å². The summed E-state index contributed by atoms with van der Waals surface area (Å²) in [6.45, 7) is 9.23. The summed E-state index contributed by atoms with van der Waals surface area (Å²) in [4.78, 5) is 6.72. The zero-order valence-corrected chi connectivity index (χ0v) is 15.0. The van der Waals surface area contributed by atoms with Gasteiger partial charge in [-0.15, -0.1) is 24.0 Å². The number of guanidine groups is 1. The van der Waals surface area contributed by atoms with E-state index in [1.807, 2.05) is 7.05 Å². The SMILES string of the molecule is CCCCOCCNC(=NC)N1CCCC(C)C1.I. The van der Waals surface area contributed by atoms with Crippen LogP contribution in [0.15, 0.2) is 4.99 Å². The van der Waals surface area contributed by atoms with Gasteiger partial charge in [-0.2, -0.15) is 0 Å². The van der Waals surface area contributed by atoms with Crippen LogP contribution in [-0.2, 0) is 4.74 Å². The number of hydrogen-bond donors (Lipinski definition) is 1. The number of ether oxygens (including phenoxy) is 1. The highest BCUT2D eigenvalue weighted by Gasteiger charge is 2.18. The van der Waals surface area contributed by atoms with Crippen LogP contribution in [-0.4, -0.2) is 50.8 Å². The highest BCUT2D eigenvalue weighted by atomic mass is 127. The molecule has 1 heterocycles. The fourth-order valence-electron chi connectivity index (χ4n) is 2.30. The second kappa shape index (κ2) is 11.8. The molecule has 0 saturated carbocycles. The highest BCUT2D eigenvalue weighted by Crippen LogP contribution is 2.15. The van der Waals surface area contributed by atoms with Crippen molar-refractivity contribution < 1.29 is 4.74 Å². The maximum absolute atomic E-state index is 5.54. The molecule has 1 N–H and O–H groups in total. The van der Waals surface area contributed by atoms with E-state index < -0.39 is 0 Å². The maximum Gasteiger partial charge on any atom is 0.193 e. The van der Waals surface area contributed by atoms with Crippen molar-refractivity contribution in [1.29, 1.82) is 0 Å². The van der Waals surface area contributed by atoms with Crippen molar-refractivity contribution in [2.24, 2.45) is 10.9 Å². The minimum Gasteiger partial charge on any atom is -0.380 e. The Balaban J connectivity index is 0.00000324. The fraction of sp³-hybridized carbons (Fsp3) is 0.929. The minimum absolute atomic E-state index is 0. The first-order valence-electron chi connectivity index (χ1n) is 7.31. The molecule has 1 atom stereocenters. The Kier molecular flexibility index (Phi) is 11.7. The van der Waals surface area contributed by atoms with Crippen molar-refractivity contribution in [1.82, 2.24) is 10.2 Å². The van der Waals surface area contributed by atoms with Crippen LogP contribution in [0.2, 0.25) is 0 Å². The van der Waals surface area contributed by atoms with Gasteiger partial charge in [0.25, 0.3) is 0 Å². The quantitative estimate of drug-likeness (QED) is 0.332. The van der Waals surface area contributed by atoms with Crippen molar-refractivity contribution in [3.8, 4) is 0 Å². The molecule has 1 aliphatic rings. The van der Waals surface area contributed by atoms with Crippen molar-refractivity contribution in [3.63, 3.8) is 0 Å². The van der Waals surface area contributed by atoms with Crippen molar-refractivity contribution >= 4 is 29.9 Å². The maximum atomic E-state index is 5.54. The summed E-state index contributed by atoms with van der Waals surface area (Å²) >= 11 is 0. The molecule has 114 valence electrons. The van der Waals surface area contributed by atoms with E-state index >= 15 is 0 Å². The molecule has 0 aromatic heterocycles. The van der Waals surface area contributed by atoms with Crippen LogP contribution in [0.1, 0.15) is 39.5 Å². The third-order valence-electron chi connectivity index (χ3n) is 3.34. The van der Waals surface area contributed by atoms with Crippen LogP contribution >= 0.6 is 24.0 Å². The number of hydrogen-bond acceptors (Lipinski definition) is 2. The number of piperidine rings is 1. The molecule has 0 aromatic carbocycles. The van der Waals surface area contributed by atoms with Crippen LogP contribution in [0.5, 0.6) is 0 Å². The van der Waals surface area contributed by atoms with E-state index in [0.29, 0.717) is 0 Å². The average Bonchev–Trinajstić information content (AvgIpc) is 2.38. The molecule has 0 amide bonds. The molecule has 0 spiro atoms. The Bertz CT molecular complexity index is 249. The molecule has 1 unspecified atom stereocenters. The Morgan fingerprint density at radius 1 is 1.42 bits per heavy atom. The monoisotopic (exact) mass is 383 g/mol. The predicted octanol–water partition coefficient (Wildman–Crippen LogP) is 2.73. The number of likely N-dealkylation sites (tertiary alicyclic amines) is 1. The molecule has 0 radical (unpaired) electrons. The Hall–Kier alpha value is -0.0400. The molecule has 1 rings (SSSR count). The first-order chi connectivity index (χ1) is 8.77. The lowest BCUT2D eigenvalue weighted by atomic mass is 10.0. The lowest BCUT2D eigenvalue weighted by molar-refractivity contribution is 0.135. The minimum atomic E-state index is 0. The second-order valence-electron chi connectivity index (χ2n) is 5.13. The summed E-state index contributed by atoms with van der Waals surface area (Å²) in [7, 11) is 1.86. The highest BCUT2D eigenvalue weighted by molar-refractivity contribution is 14.0. The van der Waals surface area contributed by atoms with Crippen LogP contribution in [0.25, 0.3) is 0 Å². The van der Waals surface area contributed by atoms with Crippen LogP contribution in [0.4, 0.5) is 0 Å². The van der Waals surface area contributed by atoms with Gasteiger partial charge in [-0.25, -0.2) is 0 Å². The van der Waals surface area contributed by atoms with E-state index in [1.165, 1.54) is 19.3 Å². The van der Waals surface area contributed by atoms with Crippen molar-refractivity contribution in [2.75, 3.05) is 39.9 Å². The lowest BCUT2D eigenvalue weighted by Crippen LogP contribution is -2.46. The molecular formula is C14H30IN3O. The standard InChI is InChI=1S/C14H29N3O.HI/c1-4-5-10-18-11-8-16-14(15-3)17-9-6-7-13(2)12-17;/h13H,4-12H2,1-3H3,(H,15,16);1H. The summed E-state index contributed by atoms with van der Waals surface area (Å²) in [6.07, 6.45) is 4.96. The van der Waals surface area contributed by atoms with E-state index in [4.69, 9.17) is 4.74 Å². The smallest absolute Gasteiger partial charge is 0.193 e. The van der Waals surface area contributed by atoms with Gasteiger partial charge in [0, 0.05) is 33.3 Å². The van der Waals surface area contributed by atoms with Gasteiger partial charge < -0.3 is 15.0 Å². The van der Waals surface area contributed by atoms with Gasteiger partial charge in [-0.3, -0.25) is 4.99 Å². The number of rotatable bonds is 6. The third-order valence-corrected chi connectivity index (χ3v) is 3.34. The molecule has 4 nitrogen and oxygen atoms in total. The van der Waals surface area contributed by atoms with Crippen LogP contribution < -0.4 is 5.32 Å². The van der Waals surface area contributed by atoms with Gasteiger partial charge in [0.2, 0.25) is 0 Å². The molecule has 0 bridgehead atoms. The van der Waals surface area contributed by atoms with Crippen molar-refractivity contribution in [3.05, 3.63) is 0 Å². The Morgan fingerprint density at radius 2 is 2.21 bits per heavy atom. The Morgan fingerprint density at radius 3 is 2.84 bits per heavy atom. The second-order valence-corrected chi connectivity index (χ2v) is 5.13. The van der Waals surface area contributed by atoms with Crippen LogP contribution in [0, 0.1) is 5.92 Å².